The lowest BCUT2D eigenvalue weighted by Gasteiger charge is -2.07. The fourth-order valence-corrected chi connectivity index (χ4v) is 1.75. The second-order valence-electron chi connectivity index (χ2n) is 3.50. The zero-order valence-corrected chi connectivity index (χ0v) is 8.34. The van der Waals surface area contributed by atoms with Gasteiger partial charge in [-0.1, -0.05) is 41.5 Å². The molecule has 0 bridgehead atoms. The van der Waals surface area contributed by atoms with Crippen molar-refractivity contribution >= 4 is 23.3 Å². The summed E-state index contributed by atoms with van der Waals surface area (Å²) in [6.07, 6.45) is 0. The van der Waals surface area contributed by atoms with Gasteiger partial charge in [-0.05, 0) is 28.7 Å². The van der Waals surface area contributed by atoms with E-state index in [4.69, 9.17) is 0 Å². The molecule has 0 heterocycles. The van der Waals surface area contributed by atoms with E-state index < -0.39 is 7.05 Å². The Morgan fingerprint density at radius 2 is 1.80 bits per heavy atom. The van der Waals surface area contributed by atoms with Gasteiger partial charge in [-0.25, -0.2) is 0 Å². The topological polar surface area (TPSA) is 49.7 Å². The van der Waals surface area contributed by atoms with Crippen molar-refractivity contribution in [2.75, 3.05) is 0 Å². The van der Waals surface area contributed by atoms with E-state index in [-0.39, 0.29) is 0 Å². The Labute approximate surface area is 87.8 Å². The highest BCUT2D eigenvalue weighted by Gasteiger charge is 2.18. The second-order valence-corrected chi connectivity index (χ2v) is 3.50. The van der Waals surface area contributed by atoms with Gasteiger partial charge in [0.05, 0.1) is 0 Å². The lowest BCUT2D eigenvalue weighted by atomic mass is 9.73. The molecule has 0 saturated heterocycles. The number of benzene rings is 2. The predicted molar refractivity (Wildman–Crippen MR) is 62.1 cm³/mol. The predicted octanol–water partition coefficient (Wildman–Crippen LogP) is 1.60. The first-order valence-electron chi connectivity index (χ1n) is 4.73. The van der Waals surface area contributed by atoms with Crippen LogP contribution in [0, 0.1) is 11.8 Å². The fraction of sp³-hybridized carbons (Fsp3) is 0.0909. The number of hydrogen-bond acceptors (Lipinski definition) is 3. The van der Waals surface area contributed by atoms with E-state index in [1.807, 2.05) is 37.3 Å². The van der Waals surface area contributed by atoms with E-state index in [1.54, 1.807) is 6.07 Å². The Bertz CT molecular complexity index is 513. The molecule has 0 saturated carbocycles. The van der Waals surface area contributed by atoms with E-state index in [1.165, 1.54) is 0 Å². The molecule has 15 heavy (non-hydrogen) atoms. The third-order valence-corrected chi connectivity index (χ3v) is 2.55. The summed E-state index contributed by atoms with van der Waals surface area (Å²) in [5.74, 6) is 0. The van der Waals surface area contributed by atoms with Gasteiger partial charge in [0, 0.05) is 0 Å². The molecule has 0 unspecified atom stereocenters. The first-order valence-corrected chi connectivity index (χ1v) is 4.73. The molecular formula is C11H10BNO2. The molecule has 0 spiro atoms. The molecule has 0 aliphatic heterocycles. The monoisotopic (exact) mass is 199 g/mol. The van der Waals surface area contributed by atoms with Gasteiger partial charge < -0.3 is 5.02 Å². The summed E-state index contributed by atoms with van der Waals surface area (Å²) in [6.45, 7) is 1.99. The second kappa shape index (κ2) is 3.83. The first-order chi connectivity index (χ1) is 7.24. The maximum absolute atomic E-state index is 10.3. The van der Waals surface area contributed by atoms with Crippen LogP contribution in [-0.2, 0) is 0 Å². The summed E-state index contributed by atoms with van der Waals surface area (Å²) < 4.78 is 0. The van der Waals surface area contributed by atoms with Gasteiger partial charge in [0.15, 0.2) is 0 Å². The molecule has 1 N–H and O–H groups in total. The molecule has 2 rings (SSSR count). The molecule has 4 heteroatoms. The smallest absolute Gasteiger partial charge is 0.425 e. The van der Waals surface area contributed by atoms with Crippen LogP contribution in [0.2, 0.25) is 0 Å². The van der Waals surface area contributed by atoms with Crippen LogP contribution >= 0.6 is 0 Å². The van der Waals surface area contributed by atoms with Crippen LogP contribution in [0.5, 0.6) is 0 Å². The van der Waals surface area contributed by atoms with Gasteiger partial charge in [0.1, 0.15) is 0 Å². The fourth-order valence-electron chi connectivity index (χ4n) is 1.75. The minimum absolute atomic E-state index is 0.561. The maximum atomic E-state index is 10.3. The zero-order chi connectivity index (χ0) is 10.8. The van der Waals surface area contributed by atoms with Gasteiger partial charge in [-0.2, -0.15) is 4.91 Å². The van der Waals surface area contributed by atoms with Crippen LogP contribution in [0.4, 0.5) is 0 Å². The van der Waals surface area contributed by atoms with Gasteiger partial charge in [0.2, 0.25) is 0 Å². The molecule has 74 valence electrons. The summed E-state index contributed by atoms with van der Waals surface area (Å²) in [5, 5.41) is 14.0. The van der Waals surface area contributed by atoms with Crippen molar-refractivity contribution in [3.05, 3.63) is 46.9 Å². The van der Waals surface area contributed by atoms with Crippen molar-refractivity contribution in [1.29, 1.82) is 0 Å². The highest BCUT2D eigenvalue weighted by atomic mass is 16.3. The van der Waals surface area contributed by atoms with E-state index in [2.05, 4.69) is 5.09 Å². The Balaban J connectivity index is 2.77. The van der Waals surface area contributed by atoms with E-state index >= 15 is 0 Å². The molecule has 0 fully saturated rings. The van der Waals surface area contributed by atoms with Crippen LogP contribution in [-0.4, -0.2) is 12.1 Å². The molecule has 0 aromatic heterocycles. The molecule has 0 aliphatic rings. The normalized spacial score (nSPS) is 10.3. The third-order valence-electron chi connectivity index (χ3n) is 2.55. The lowest BCUT2D eigenvalue weighted by molar-refractivity contribution is 0.588. The van der Waals surface area contributed by atoms with Crippen molar-refractivity contribution in [3.8, 4) is 0 Å². The number of aryl methyl sites for hydroxylation is 1. The largest absolute Gasteiger partial charge is 0.518 e. The minimum Gasteiger partial charge on any atom is -0.425 e. The number of hydrogen-bond donors (Lipinski definition) is 1. The van der Waals surface area contributed by atoms with Crippen molar-refractivity contribution in [3.63, 3.8) is 0 Å². The van der Waals surface area contributed by atoms with E-state index in [0.717, 1.165) is 16.3 Å². The van der Waals surface area contributed by atoms with Crippen molar-refractivity contribution in [2.24, 2.45) is 5.09 Å². The summed E-state index contributed by atoms with van der Waals surface area (Å²) in [7, 11) is -1.28. The third kappa shape index (κ3) is 1.64. The molecule has 2 aromatic rings. The Hall–Kier alpha value is -1.68. The van der Waals surface area contributed by atoms with Crippen molar-refractivity contribution < 1.29 is 5.02 Å². The Morgan fingerprint density at radius 3 is 2.47 bits per heavy atom. The summed E-state index contributed by atoms with van der Waals surface area (Å²) in [5.41, 5.74) is 1.68. The van der Waals surface area contributed by atoms with Crippen LogP contribution in [0.1, 0.15) is 5.56 Å². The Morgan fingerprint density at radius 1 is 1.13 bits per heavy atom. The molecular weight excluding hydrogens is 189 g/mol. The van der Waals surface area contributed by atoms with Gasteiger partial charge in [-0.15, -0.1) is 0 Å². The van der Waals surface area contributed by atoms with Crippen molar-refractivity contribution in [2.45, 2.75) is 6.92 Å². The van der Waals surface area contributed by atoms with Crippen LogP contribution in [0.15, 0.2) is 41.5 Å². The number of fused-ring (bicyclic) bond motifs is 1. The van der Waals surface area contributed by atoms with Gasteiger partial charge >= 0.3 is 7.05 Å². The van der Waals surface area contributed by atoms with Gasteiger partial charge in [-0.3, -0.25) is 0 Å². The molecule has 0 atom stereocenters. The number of nitrogens with zero attached hydrogens (tertiary/aromatic N) is 1. The Kier molecular flexibility index (Phi) is 2.52. The first kappa shape index (κ1) is 9.86. The highest BCUT2D eigenvalue weighted by molar-refractivity contribution is 6.67. The highest BCUT2D eigenvalue weighted by Crippen LogP contribution is 2.16. The zero-order valence-electron chi connectivity index (χ0n) is 8.34. The average molecular weight is 199 g/mol. The molecule has 3 nitrogen and oxygen atoms in total. The standard InChI is InChI=1S/C11H10BNO2/c1-8-6-7-11(12(14)13-15)10-5-3-2-4-9(8)10/h2-7,14H,1H3. The van der Waals surface area contributed by atoms with Crippen LogP contribution in [0.25, 0.3) is 10.8 Å². The van der Waals surface area contributed by atoms with E-state index in [9.17, 15) is 9.93 Å². The minimum atomic E-state index is -1.28. The van der Waals surface area contributed by atoms with Crippen molar-refractivity contribution in [1.82, 2.24) is 0 Å². The molecule has 0 amide bonds. The molecule has 0 aliphatic carbocycles. The quantitative estimate of drug-likeness (QED) is 0.589. The molecule has 0 radical (unpaired) electrons. The van der Waals surface area contributed by atoms with Crippen LogP contribution < -0.4 is 5.46 Å². The summed E-state index contributed by atoms with van der Waals surface area (Å²) in [6, 6.07) is 11.3. The average Bonchev–Trinajstić information content (AvgIpc) is 2.29. The molecule has 2 aromatic carbocycles. The maximum Gasteiger partial charge on any atom is 0.518 e. The number of nitroso groups, excluding NO2 is 1. The van der Waals surface area contributed by atoms with Crippen LogP contribution in [0.3, 0.4) is 0 Å². The summed E-state index contributed by atoms with van der Waals surface area (Å²) in [4.78, 5) is 10.3. The van der Waals surface area contributed by atoms with Gasteiger partial charge in [0.25, 0.3) is 0 Å². The summed E-state index contributed by atoms with van der Waals surface area (Å²) >= 11 is 0. The lowest BCUT2D eigenvalue weighted by Crippen LogP contribution is -2.28. The number of rotatable bonds is 2. The SMILES string of the molecule is Cc1ccc(B(O)N=O)c2ccccc12. The van der Waals surface area contributed by atoms with E-state index in [0.29, 0.717) is 5.46 Å².